The van der Waals surface area contributed by atoms with Crippen molar-refractivity contribution >= 4 is 5.91 Å². The van der Waals surface area contributed by atoms with Crippen LogP contribution in [0.3, 0.4) is 0 Å². The van der Waals surface area contributed by atoms with E-state index in [0.29, 0.717) is 17.8 Å². The molecule has 17 heavy (non-hydrogen) atoms. The summed E-state index contributed by atoms with van der Waals surface area (Å²) < 4.78 is 0. The van der Waals surface area contributed by atoms with Crippen molar-refractivity contribution in [3.05, 3.63) is 22.4 Å². The summed E-state index contributed by atoms with van der Waals surface area (Å²) in [6.07, 6.45) is 4.80. The number of carbonyl (C=O) groups is 1. The molecule has 3 heterocycles. The summed E-state index contributed by atoms with van der Waals surface area (Å²) in [4.78, 5) is 29.9. The maximum Gasteiger partial charge on any atom is 0.323 e. The lowest BCUT2D eigenvalue weighted by Gasteiger charge is -2.23. The Morgan fingerprint density at radius 2 is 2.12 bits per heavy atom. The van der Waals surface area contributed by atoms with Gasteiger partial charge in [0.25, 0.3) is 5.91 Å². The molecule has 2 fully saturated rings. The Labute approximate surface area is 98.4 Å². The standard InChI is InChI=1S/C11H16N4O2/c16-10(9-5-12-11(17)14-9)15-4-3-7-1-2-8(6-15)13-7/h5,7-8,13H,1-4,6H2,(H2,12,14,17). The number of likely N-dealkylation sites (tertiary alicyclic amines) is 1. The number of imidazole rings is 1. The quantitative estimate of drug-likeness (QED) is 0.624. The minimum Gasteiger partial charge on any atom is -0.336 e. The number of rotatable bonds is 1. The molecular formula is C11H16N4O2. The molecule has 2 atom stereocenters. The van der Waals surface area contributed by atoms with Gasteiger partial charge < -0.3 is 20.2 Å². The lowest BCUT2D eigenvalue weighted by molar-refractivity contribution is 0.0742. The summed E-state index contributed by atoms with van der Waals surface area (Å²) in [6, 6.07) is 0.972. The normalized spacial score (nSPS) is 28.1. The highest BCUT2D eigenvalue weighted by Crippen LogP contribution is 2.21. The highest BCUT2D eigenvalue weighted by molar-refractivity contribution is 5.92. The van der Waals surface area contributed by atoms with Crippen molar-refractivity contribution in [3.63, 3.8) is 0 Å². The molecule has 3 rings (SSSR count). The molecule has 6 heteroatoms. The number of H-pyrrole nitrogens is 2. The second kappa shape index (κ2) is 4.03. The predicted octanol–water partition coefficient (Wildman–Crippen LogP) is -0.330. The number of amides is 1. The van der Waals surface area contributed by atoms with E-state index in [1.54, 1.807) is 0 Å². The highest BCUT2D eigenvalue weighted by atomic mass is 16.2. The SMILES string of the molecule is O=C(c1c[nH]c(=O)[nH]1)N1CCC2CCC(C1)N2. The van der Waals surface area contributed by atoms with Crippen LogP contribution in [0.5, 0.6) is 0 Å². The maximum absolute atomic E-state index is 12.2. The number of carbonyl (C=O) groups excluding carboxylic acids is 1. The van der Waals surface area contributed by atoms with Crippen LogP contribution in [-0.2, 0) is 0 Å². The van der Waals surface area contributed by atoms with E-state index in [2.05, 4.69) is 15.3 Å². The van der Waals surface area contributed by atoms with Crippen molar-refractivity contribution in [2.75, 3.05) is 13.1 Å². The van der Waals surface area contributed by atoms with Gasteiger partial charge in [-0.2, -0.15) is 0 Å². The molecule has 0 aliphatic carbocycles. The Kier molecular flexibility index (Phi) is 2.51. The van der Waals surface area contributed by atoms with E-state index in [4.69, 9.17) is 0 Å². The van der Waals surface area contributed by atoms with E-state index in [1.165, 1.54) is 12.6 Å². The van der Waals surface area contributed by atoms with E-state index >= 15 is 0 Å². The molecule has 92 valence electrons. The lowest BCUT2D eigenvalue weighted by Crippen LogP contribution is -2.39. The number of nitrogens with zero attached hydrogens (tertiary/aromatic N) is 1. The summed E-state index contributed by atoms with van der Waals surface area (Å²) in [7, 11) is 0. The van der Waals surface area contributed by atoms with Gasteiger partial charge in [-0.15, -0.1) is 0 Å². The number of aromatic amines is 2. The van der Waals surface area contributed by atoms with Crippen molar-refractivity contribution < 1.29 is 4.79 Å². The third-order valence-corrected chi connectivity index (χ3v) is 3.64. The van der Waals surface area contributed by atoms with E-state index in [-0.39, 0.29) is 11.6 Å². The Morgan fingerprint density at radius 3 is 2.88 bits per heavy atom. The molecule has 2 saturated heterocycles. The van der Waals surface area contributed by atoms with Gasteiger partial charge in [-0.3, -0.25) is 4.79 Å². The van der Waals surface area contributed by atoms with Gasteiger partial charge in [0.05, 0.1) is 0 Å². The molecule has 0 aromatic carbocycles. The average Bonchev–Trinajstić information content (AvgIpc) is 2.84. The lowest BCUT2D eigenvalue weighted by atomic mass is 10.1. The molecule has 2 bridgehead atoms. The fraction of sp³-hybridized carbons (Fsp3) is 0.636. The molecule has 0 saturated carbocycles. The van der Waals surface area contributed by atoms with Gasteiger partial charge in [-0.25, -0.2) is 4.79 Å². The fourth-order valence-corrected chi connectivity index (χ4v) is 2.75. The van der Waals surface area contributed by atoms with Crippen molar-refractivity contribution in [1.29, 1.82) is 0 Å². The first-order chi connectivity index (χ1) is 8.22. The fourth-order valence-electron chi connectivity index (χ4n) is 2.75. The first-order valence-corrected chi connectivity index (χ1v) is 6.05. The minimum absolute atomic E-state index is 0.0855. The predicted molar refractivity (Wildman–Crippen MR) is 61.9 cm³/mol. The smallest absolute Gasteiger partial charge is 0.323 e. The van der Waals surface area contributed by atoms with Gasteiger partial charge in [-0.05, 0) is 19.3 Å². The number of aromatic nitrogens is 2. The summed E-state index contributed by atoms with van der Waals surface area (Å²) in [5, 5.41) is 3.52. The molecule has 3 N–H and O–H groups in total. The van der Waals surface area contributed by atoms with Gasteiger partial charge in [0.1, 0.15) is 5.69 Å². The maximum atomic E-state index is 12.2. The third-order valence-electron chi connectivity index (χ3n) is 3.64. The van der Waals surface area contributed by atoms with Crippen LogP contribution in [0.25, 0.3) is 0 Å². The monoisotopic (exact) mass is 236 g/mol. The summed E-state index contributed by atoms with van der Waals surface area (Å²) in [5.74, 6) is -0.0855. The summed E-state index contributed by atoms with van der Waals surface area (Å²) in [6.45, 7) is 1.50. The van der Waals surface area contributed by atoms with Crippen molar-refractivity contribution in [1.82, 2.24) is 20.2 Å². The second-order valence-electron chi connectivity index (χ2n) is 4.83. The molecule has 1 aromatic rings. The van der Waals surface area contributed by atoms with Crippen molar-refractivity contribution in [3.8, 4) is 0 Å². The summed E-state index contributed by atoms with van der Waals surface area (Å²) >= 11 is 0. The number of fused-ring (bicyclic) bond motifs is 2. The van der Waals surface area contributed by atoms with Crippen LogP contribution >= 0.6 is 0 Å². The van der Waals surface area contributed by atoms with Crippen LogP contribution in [0.4, 0.5) is 0 Å². The zero-order chi connectivity index (χ0) is 11.8. The first kappa shape index (κ1) is 10.6. The molecule has 1 aromatic heterocycles. The van der Waals surface area contributed by atoms with Gasteiger partial charge >= 0.3 is 5.69 Å². The molecular weight excluding hydrogens is 220 g/mol. The van der Waals surface area contributed by atoms with Gasteiger partial charge in [0.2, 0.25) is 0 Å². The third kappa shape index (κ3) is 2.00. The van der Waals surface area contributed by atoms with Gasteiger partial charge in [0, 0.05) is 31.4 Å². The Morgan fingerprint density at radius 1 is 1.29 bits per heavy atom. The molecule has 2 unspecified atom stereocenters. The van der Waals surface area contributed by atoms with E-state index in [1.807, 2.05) is 4.90 Å². The second-order valence-corrected chi connectivity index (χ2v) is 4.83. The Hall–Kier alpha value is -1.56. The van der Waals surface area contributed by atoms with Crippen LogP contribution in [-0.4, -0.2) is 45.9 Å². The average molecular weight is 236 g/mol. The Balaban J connectivity index is 1.76. The minimum atomic E-state index is -0.331. The van der Waals surface area contributed by atoms with E-state index in [0.717, 1.165) is 25.9 Å². The highest BCUT2D eigenvalue weighted by Gasteiger charge is 2.31. The molecule has 1 amide bonds. The molecule has 2 aliphatic rings. The topological polar surface area (TPSA) is 81.0 Å². The van der Waals surface area contributed by atoms with Gasteiger partial charge in [0.15, 0.2) is 0 Å². The van der Waals surface area contributed by atoms with Crippen LogP contribution in [0.15, 0.2) is 11.0 Å². The molecule has 6 nitrogen and oxygen atoms in total. The number of hydrogen-bond acceptors (Lipinski definition) is 3. The van der Waals surface area contributed by atoms with Crippen molar-refractivity contribution in [2.24, 2.45) is 0 Å². The molecule has 2 aliphatic heterocycles. The Bertz CT molecular complexity index is 478. The van der Waals surface area contributed by atoms with Gasteiger partial charge in [-0.1, -0.05) is 0 Å². The zero-order valence-corrected chi connectivity index (χ0v) is 9.53. The number of nitrogens with one attached hydrogen (secondary N) is 3. The van der Waals surface area contributed by atoms with Crippen molar-refractivity contribution in [2.45, 2.75) is 31.3 Å². The first-order valence-electron chi connectivity index (χ1n) is 6.05. The van der Waals surface area contributed by atoms with Crippen LogP contribution in [0, 0.1) is 0 Å². The van der Waals surface area contributed by atoms with Crippen LogP contribution in [0.1, 0.15) is 29.8 Å². The van der Waals surface area contributed by atoms with Crippen LogP contribution in [0.2, 0.25) is 0 Å². The summed E-state index contributed by atoms with van der Waals surface area (Å²) in [5.41, 5.74) is 0.0237. The van der Waals surface area contributed by atoms with E-state index < -0.39 is 0 Å². The van der Waals surface area contributed by atoms with Crippen LogP contribution < -0.4 is 11.0 Å². The molecule has 0 radical (unpaired) electrons. The molecule has 0 spiro atoms. The zero-order valence-electron chi connectivity index (χ0n) is 9.53. The number of hydrogen-bond donors (Lipinski definition) is 3. The largest absolute Gasteiger partial charge is 0.336 e. The van der Waals surface area contributed by atoms with E-state index in [9.17, 15) is 9.59 Å².